The van der Waals surface area contributed by atoms with Gasteiger partial charge < -0.3 is 4.52 Å². The van der Waals surface area contributed by atoms with Crippen LogP contribution >= 0.6 is 15.9 Å². The average Bonchev–Trinajstić information content (AvgIpc) is 2.65. The van der Waals surface area contributed by atoms with E-state index in [1.54, 1.807) is 6.92 Å². The molecule has 0 N–H and O–H groups in total. The molecule has 0 aliphatic rings. The second-order valence-corrected chi connectivity index (χ2v) is 3.53. The molecule has 3 nitrogen and oxygen atoms in total. The molecule has 0 aliphatic carbocycles. The van der Waals surface area contributed by atoms with Crippen LogP contribution in [0.3, 0.4) is 0 Å². The smallest absolute Gasteiger partial charge is 0.223 e. The van der Waals surface area contributed by atoms with Crippen LogP contribution in [-0.2, 0) is 5.33 Å². The molecule has 1 heterocycles. The van der Waals surface area contributed by atoms with E-state index < -0.39 is 0 Å². The van der Waals surface area contributed by atoms with E-state index in [0.717, 1.165) is 10.9 Å². The number of benzene rings is 1. The second kappa shape index (κ2) is 3.92. The van der Waals surface area contributed by atoms with Crippen LogP contribution in [0.15, 0.2) is 28.8 Å². The Labute approximate surface area is 90.3 Å². The molecule has 0 aliphatic heterocycles. The van der Waals surface area contributed by atoms with Crippen molar-refractivity contribution in [3.05, 3.63) is 35.7 Å². The van der Waals surface area contributed by atoms with Gasteiger partial charge in [-0.15, -0.1) is 0 Å². The highest BCUT2D eigenvalue weighted by Crippen LogP contribution is 2.17. The summed E-state index contributed by atoms with van der Waals surface area (Å²) in [5.74, 6) is 1.23. The summed E-state index contributed by atoms with van der Waals surface area (Å²) < 4.78 is 4.91. The first-order valence-electron chi connectivity index (χ1n) is 4.25. The van der Waals surface area contributed by atoms with Crippen LogP contribution in [0.5, 0.6) is 0 Å². The van der Waals surface area contributed by atoms with Crippen LogP contribution in [-0.4, -0.2) is 10.1 Å². The molecule has 1 aromatic carbocycles. The topological polar surface area (TPSA) is 38.9 Å². The Kier molecular flexibility index (Phi) is 2.63. The molecule has 0 unspecified atom stereocenters. The maximum atomic E-state index is 4.91. The van der Waals surface area contributed by atoms with E-state index in [-0.39, 0.29) is 0 Å². The van der Waals surface area contributed by atoms with E-state index >= 15 is 0 Å². The zero-order valence-corrected chi connectivity index (χ0v) is 9.28. The van der Waals surface area contributed by atoms with E-state index in [2.05, 4.69) is 26.1 Å². The van der Waals surface area contributed by atoms with Crippen molar-refractivity contribution in [2.75, 3.05) is 0 Å². The van der Waals surface area contributed by atoms with Crippen molar-refractivity contribution in [2.24, 2.45) is 0 Å². The summed E-state index contributed by atoms with van der Waals surface area (Å²) in [6.07, 6.45) is 0. The highest BCUT2D eigenvalue weighted by molar-refractivity contribution is 9.08. The van der Waals surface area contributed by atoms with Crippen LogP contribution in [0, 0.1) is 6.92 Å². The van der Waals surface area contributed by atoms with Gasteiger partial charge in [0.1, 0.15) is 0 Å². The molecule has 2 aromatic rings. The number of aryl methyl sites for hydroxylation is 1. The highest BCUT2D eigenvalue weighted by atomic mass is 79.9. The minimum absolute atomic E-state index is 0.588. The van der Waals surface area contributed by atoms with E-state index in [9.17, 15) is 0 Å². The molecule has 72 valence electrons. The molecule has 0 radical (unpaired) electrons. The summed E-state index contributed by atoms with van der Waals surface area (Å²) in [6, 6.07) is 8.05. The Balaban J connectivity index is 2.33. The quantitative estimate of drug-likeness (QED) is 0.772. The summed E-state index contributed by atoms with van der Waals surface area (Å²) >= 11 is 3.39. The monoisotopic (exact) mass is 252 g/mol. The van der Waals surface area contributed by atoms with Crippen molar-refractivity contribution >= 4 is 15.9 Å². The third-order valence-corrected chi connectivity index (χ3v) is 2.54. The van der Waals surface area contributed by atoms with Gasteiger partial charge in [0.15, 0.2) is 0 Å². The van der Waals surface area contributed by atoms with Crippen LogP contribution in [0.4, 0.5) is 0 Å². The molecule has 4 heteroatoms. The molecular weight excluding hydrogens is 244 g/mol. The molecule has 1 aromatic heterocycles. The van der Waals surface area contributed by atoms with Crippen LogP contribution in [0.25, 0.3) is 11.4 Å². The number of alkyl halides is 1. The van der Waals surface area contributed by atoms with Gasteiger partial charge in [-0.3, -0.25) is 0 Å². The molecule has 0 saturated heterocycles. The van der Waals surface area contributed by atoms with E-state index in [4.69, 9.17) is 4.52 Å². The lowest BCUT2D eigenvalue weighted by atomic mass is 10.1. The molecule has 0 spiro atoms. The van der Waals surface area contributed by atoms with Gasteiger partial charge in [0.05, 0.1) is 0 Å². The predicted octanol–water partition coefficient (Wildman–Crippen LogP) is 2.94. The number of nitrogens with zero attached hydrogens (tertiary/aromatic N) is 2. The summed E-state index contributed by atoms with van der Waals surface area (Å²) in [6.45, 7) is 1.78. The van der Waals surface area contributed by atoms with Crippen molar-refractivity contribution in [2.45, 2.75) is 12.3 Å². The Morgan fingerprint density at radius 2 is 2.00 bits per heavy atom. The number of rotatable bonds is 2. The fourth-order valence-corrected chi connectivity index (χ4v) is 1.53. The van der Waals surface area contributed by atoms with Crippen molar-refractivity contribution < 1.29 is 4.52 Å². The van der Waals surface area contributed by atoms with Crippen molar-refractivity contribution in [3.63, 3.8) is 0 Å². The average molecular weight is 253 g/mol. The fraction of sp³-hybridized carbons (Fsp3) is 0.200. The van der Waals surface area contributed by atoms with Gasteiger partial charge in [-0.25, -0.2) is 0 Å². The zero-order chi connectivity index (χ0) is 9.97. The number of hydrogen-bond donors (Lipinski definition) is 0. The SMILES string of the molecule is Cc1nc(-c2ccc(CBr)cc2)no1. The van der Waals surface area contributed by atoms with Crippen LogP contribution in [0.2, 0.25) is 0 Å². The second-order valence-electron chi connectivity index (χ2n) is 2.97. The van der Waals surface area contributed by atoms with Crippen molar-refractivity contribution in [1.82, 2.24) is 10.1 Å². The molecule has 0 bridgehead atoms. The summed E-state index contributed by atoms with van der Waals surface area (Å²) in [7, 11) is 0. The third kappa shape index (κ3) is 1.85. The normalized spacial score (nSPS) is 10.4. The molecule has 0 amide bonds. The fourth-order valence-electron chi connectivity index (χ4n) is 1.16. The molecule has 14 heavy (non-hydrogen) atoms. The molecule has 0 atom stereocenters. The predicted molar refractivity (Wildman–Crippen MR) is 57.1 cm³/mol. The Bertz CT molecular complexity index is 422. The maximum absolute atomic E-state index is 4.91. The lowest BCUT2D eigenvalue weighted by Gasteiger charge is -1.96. The number of aromatic nitrogens is 2. The summed E-state index contributed by atoms with van der Waals surface area (Å²) in [4.78, 5) is 4.15. The lowest BCUT2D eigenvalue weighted by Crippen LogP contribution is -1.82. The zero-order valence-electron chi connectivity index (χ0n) is 7.70. The molecular formula is C10H9BrN2O. The molecule has 0 saturated carbocycles. The van der Waals surface area contributed by atoms with Gasteiger partial charge in [-0.05, 0) is 5.56 Å². The van der Waals surface area contributed by atoms with Crippen molar-refractivity contribution in [1.29, 1.82) is 0 Å². The highest BCUT2D eigenvalue weighted by Gasteiger charge is 2.04. The molecule has 0 fully saturated rings. The summed E-state index contributed by atoms with van der Waals surface area (Å²) in [5, 5.41) is 4.70. The van der Waals surface area contributed by atoms with Crippen LogP contribution in [0.1, 0.15) is 11.5 Å². The van der Waals surface area contributed by atoms with Crippen LogP contribution < -0.4 is 0 Å². The minimum atomic E-state index is 0.588. The molecule has 2 rings (SSSR count). The standard InChI is InChI=1S/C10H9BrN2O/c1-7-12-10(13-14-7)9-4-2-8(6-11)3-5-9/h2-5H,6H2,1H3. The van der Waals surface area contributed by atoms with Gasteiger partial charge in [0.25, 0.3) is 0 Å². The first-order valence-corrected chi connectivity index (χ1v) is 5.37. The summed E-state index contributed by atoms with van der Waals surface area (Å²) in [5.41, 5.74) is 2.21. The lowest BCUT2D eigenvalue weighted by molar-refractivity contribution is 0.394. The Morgan fingerprint density at radius 1 is 1.29 bits per heavy atom. The Morgan fingerprint density at radius 3 is 2.50 bits per heavy atom. The largest absolute Gasteiger partial charge is 0.339 e. The van der Waals surface area contributed by atoms with Gasteiger partial charge in [0.2, 0.25) is 11.7 Å². The first kappa shape index (κ1) is 9.40. The number of hydrogen-bond acceptors (Lipinski definition) is 3. The van der Waals surface area contributed by atoms with Gasteiger partial charge in [0, 0.05) is 17.8 Å². The van der Waals surface area contributed by atoms with Crippen molar-refractivity contribution in [3.8, 4) is 11.4 Å². The first-order chi connectivity index (χ1) is 6.79. The van der Waals surface area contributed by atoms with Gasteiger partial charge >= 0.3 is 0 Å². The van der Waals surface area contributed by atoms with E-state index in [0.29, 0.717) is 11.7 Å². The van der Waals surface area contributed by atoms with Gasteiger partial charge in [-0.1, -0.05) is 45.4 Å². The Hall–Kier alpha value is -1.16. The van der Waals surface area contributed by atoms with Gasteiger partial charge in [-0.2, -0.15) is 4.98 Å². The minimum Gasteiger partial charge on any atom is -0.339 e. The third-order valence-electron chi connectivity index (χ3n) is 1.89. The van der Waals surface area contributed by atoms with E-state index in [1.807, 2.05) is 24.3 Å². The maximum Gasteiger partial charge on any atom is 0.223 e. The van der Waals surface area contributed by atoms with E-state index in [1.165, 1.54) is 5.56 Å². The number of halogens is 1.